The van der Waals surface area contributed by atoms with Crippen molar-refractivity contribution in [3.8, 4) is 5.75 Å². The molecule has 94 valence electrons. The molecular weight excluding hydrogens is 257 g/mol. The van der Waals surface area contributed by atoms with E-state index in [1.54, 1.807) is 12.1 Å². The molecule has 1 aromatic rings. The molecule has 0 N–H and O–H groups in total. The van der Waals surface area contributed by atoms with Gasteiger partial charge in [0.1, 0.15) is 0 Å². The summed E-state index contributed by atoms with van der Waals surface area (Å²) in [7, 11) is 0. The molecule has 0 saturated carbocycles. The fourth-order valence-corrected chi connectivity index (χ4v) is 2.60. The second-order valence-corrected chi connectivity index (χ2v) is 5.12. The van der Waals surface area contributed by atoms with Crippen LogP contribution >= 0.6 is 23.2 Å². The van der Waals surface area contributed by atoms with E-state index in [0.717, 1.165) is 13.0 Å². The van der Waals surface area contributed by atoms with Gasteiger partial charge in [0, 0.05) is 6.54 Å². The predicted octanol–water partition coefficient (Wildman–Crippen LogP) is 3.86. The highest BCUT2D eigenvalue weighted by molar-refractivity contribution is 6.37. The van der Waals surface area contributed by atoms with Gasteiger partial charge >= 0.3 is 0 Å². The minimum absolute atomic E-state index is 0.582. The molecule has 0 amide bonds. The Balaban J connectivity index is 1.74. The Bertz CT molecular complexity index is 344. The van der Waals surface area contributed by atoms with Gasteiger partial charge < -0.3 is 9.64 Å². The molecule has 0 spiro atoms. The number of hydrogen-bond acceptors (Lipinski definition) is 2. The van der Waals surface area contributed by atoms with Crippen molar-refractivity contribution >= 4 is 23.2 Å². The summed E-state index contributed by atoms with van der Waals surface area (Å²) in [6.07, 6.45) is 3.68. The molecule has 1 fully saturated rings. The van der Waals surface area contributed by atoms with Gasteiger partial charge in [0.2, 0.25) is 0 Å². The van der Waals surface area contributed by atoms with Crippen molar-refractivity contribution in [3.63, 3.8) is 0 Å². The Labute approximate surface area is 112 Å². The van der Waals surface area contributed by atoms with Crippen molar-refractivity contribution < 1.29 is 4.74 Å². The van der Waals surface area contributed by atoms with Crippen LogP contribution in [0.25, 0.3) is 0 Å². The molecule has 1 aliphatic rings. The minimum Gasteiger partial charge on any atom is -0.490 e. The first kappa shape index (κ1) is 13.0. The van der Waals surface area contributed by atoms with Crippen LogP contribution in [-0.2, 0) is 0 Å². The SMILES string of the molecule is Clc1cccc(Cl)c1OCCCN1CCCC1. The van der Waals surface area contributed by atoms with E-state index in [0.29, 0.717) is 22.4 Å². The molecule has 0 radical (unpaired) electrons. The summed E-state index contributed by atoms with van der Waals surface area (Å²) in [6.45, 7) is 4.22. The number of para-hydroxylation sites is 1. The zero-order chi connectivity index (χ0) is 12.1. The lowest BCUT2D eigenvalue weighted by Crippen LogP contribution is -2.21. The van der Waals surface area contributed by atoms with Gasteiger partial charge in [-0.1, -0.05) is 29.3 Å². The first-order chi connectivity index (χ1) is 8.27. The van der Waals surface area contributed by atoms with Gasteiger partial charge in [0.15, 0.2) is 5.75 Å². The molecule has 0 atom stereocenters. The zero-order valence-corrected chi connectivity index (χ0v) is 11.3. The highest BCUT2D eigenvalue weighted by atomic mass is 35.5. The summed E-state index contributed by atoms with van der Waals surface area (Å²) in [6, 6.07) is 5.41. The molecule has 0 unspecified atom stereocenters. The van der Waals surface area contributed by atoms with E-state index in [4.69, 9.17) is 27.9 Å². The van der Waals surface area contributed by atoms with Crippen molar-refractivity contribution in [1.82, 2.24) is 4.90 Å². The van der Waals surface area contributed by atoms with Crippen molar-refractivity contribution in [2.24, 2.45) is 0 Å². The van der Waals surface area contributed by atoms with Crippen molar-refractivity contribution in [2.75, 3.05) is 26.2 Å². The number of hydrogen-bond donors (Lipinski definition) is 0. The predicted molar refractivity (Wildman–Crippen MR) is 72.2 cm³/mol. The molecule has 17 heavy (non-hydrogen) atoms. The summed E-state index contributed by atoms with van der Waals surface area (Å²) in [4.78, 5) is 2.47. The molecule has 1 saturated heterocycles. The molecule has 0 bridgehead atoms. The van der Waals surface area contributed by atoms with Crippen molar-refractivity contribution in [1.29, 1.82) is 0 Å². The highest BCUT2D eigenvalue weighted by Crippen LogP contribution is 2.32. The molecule has 2 nitrogen and oxygen atoms in total. The Morgan fingerprint density at radius 3 is 2.41 bits per heavy atom. The zero-order valence-electron chi connectivity index (χ0n) is 9.79. The first-order valence-electron chi connectivity index (χ1n) is 6.06. The van der Waals surface area contributed by atoms with Crippen LogP contribution in [0.5, 0.6) is 5.75 Å². The van der Waals surface area contributed by atoms with E-state index in [1.165, 1.54) is 25.9 Å². The summed E-state index contributed by atoms with van der Waals surface area (Å²) in [5.74, 6) is 0.609. The topological polar surface area (TPSA) is 12.5 Å². The van der Waals surface area contributed by atoms with Gasteiger partial charge in [-0.2, -0.15) is 0 Å². The maximum Gasteiger partial charge on any atom is 0.156 e. The van der Waals surface area contributed by atoms with E-state index < -0.39 is 0 Å². The normalized spacial score (nSPS) is 16.4. The van der Waals surface area contributed by atoms with Crippen LogP contribution in [0.15, 0.2) is 18.2 Å². The number of likely N-dealkylation sites (tertiary alicyclic amines) is 1. The van der Waals surface area contributed by atoms with Gasteiger partial charge in [0.25, 0.3) is 0 Å². The maximum absolute atomic E-state index is 6.02. The minimum atomic E-state index is 0.582. The van der Waals surface area contributed by atoms with Crippen LogP contribution in [0, 0.1) is 0 Å². The molecule has 0 aromatic heterocycles. The van der Waals surface area contributed by atoms with Crippen LogP contribution < -0.4 is 4.74 Å². The standard InChI is InChI=1S/C13H17Cl2NO/c14-11-5-3-6-12(15)13(11)17-10-4-9-16-7-1-2-8-16/h3,5-6H,1-2,4,7-10H2. The summed E-state index contributed by atoms with van der Waals surface area (Å²) in [5, 5.41) is 1.16. The van der Waals surface area contributed by atoms with Gasteiger partial charge in [-0.3, -0.25) is 0 Å². The third-order valence-electron chi connectivity index (χ3n) is 2.98. The van der Waals surface area contributed by atoms with Gasteiger partial charge in [-0.25, -0.2) is 0 Å². The van der Waals surface area contributed by atoms with Crippen molar-refractivity contribution in [3.05, 3.63) is 28.2 Å². The highest BCUT2D eigenvalue weighted by Gasteiger charge is 2.11. The van der Waals surface area contributed by atoms with Crippen LogP contribution in [0.3, 0.4) is 0 Å². The van der Waals surface area contributed by atoms with Gasteiger partial charge in [-0.05, 0) is 44.5 Å². The van der Waals surface area contributed by atoms with E-state index in [-0.39, 0.29) is 0 Å². The summed E-state index contributed by atoms with van der Waals surface area (Å²) in [5.41, 5.74) is 0. The maximum atomic E-state index is 6.02. The summed E-state index contributed by atoms with van der Waals surface area (Å²) >= 11 is 12.0. The number of halogens is 2. The number of rotatable bonds is 5. The fraction of sp³-hybridized carbons (Fsp3) is 0.538. The second-order valence-electron chi connectivity index (χ2n) is 4.30. The molecule has 1 aromatic carbocycles. The smallest absolute Gasteiger partial charge is 0.156 e. The third kappa shape index (κ3) is 3.77. The fourth-order valence-electron chi connectivity index (χ4n) is 2.09. The summed E-state index contributed by atoms with van der Waals surface area (Å²) < 4.78 is 5.64. The van der Waals surface area contributed by atoms with Crippen molar-refractivity contribution in [2.45, 2.75) is 19.3 Å². The lowest BCUT2D eigenvalue weighted by Gasteiger charge is -2.15. The number of benzene rings is 1. The van der Waals surface area contributed by atoms with E-state index in [9.17, 15) is 0 Å². The molecule has 2 rings (SSSR count). The van der Waals surface area contributed by atoms with Gasteiger partial charge in [-0.15, -0.1) is 0 Å². The van der Waals surface area contributed by atoms with Gasteiger partial charge in [0.05, 0.1) is 16.7 Å². The molecule has 1 aliphatic heterocycles. The first-order valence-corrected chi connectivity index (χ1v) is 6.82. The lowest BCUT2D eigenvalue weighted by molar-refractivity contribution is 0.263. The van der Waals surface area contributed by atoms with Crippen LogP contribution in [0.1, 0.15) is 19.3 Å². The third-order valence-corrected chi connectivity index (χ3v) is 3.58. The van der Waals surface area contributed by atoms with Crippen LogP contribution in [-0.4, -0.2) is 31.1 Å². The van der Waals surface area contributed by atoms with E-state index in [2.05, 4.69) is 4.90 Å². The average molecular weight is 274 g/mol. The lowest BCUT2D eigenvalue weighted by atomic mass is 10.3. The molecular formula is C13H17Cl2NO. The quantitative estimate of drug-likeness (QED) is 0.756. The van der Waals surface area contributed by atoms with Crippen LogP contribution in [0.2, 0.25) is 10.0 Å². The van der Waals surface area contributed by atoms with E-state index in [1.807, 2.05) is 6.07 Å². The van der Waals surface area contributed by atoms with E-state index >= 15 is 0 Å². The Hall–Kier alpha value is -0.440. The molecule has 0 aliphatic carbocycles. The number of ether oxygens (including phenoxy) is 1. The monoisotopic (exact) mass is 273 g/mol. The Kier molecular flexibility index (Phi) is 4.96. The Morgan fingerprint density at radius 1 is 1.12 bits per heavy atom. The second kappa shape index (κ2) is 6.48. The number of nitrogens with zero attached hydrogens (tertiary/aromatic N) is 1. The van der Waals surface area contributed by atoms with Crippen LogP contribution in [0.4, 0.5) is 0 Å². The Morgan fingerprint density at radius 2 is 1.76 bits per heavy atom. The largest absolute Gasteiger partial charge is 0.490 e. The molecule has 1 heterocycles. The molecule has 4 heteroatoms. The average Bonchev–Trinajstić information content (AvgIpc) is 2.80.